The summed E-state index contributed by atoms with van der Waals surface area (Å²) in [6.45, 7) is 1.59. The van der Waals surface area contributed by atoms with Crippen LogP contribution in [0.4, 0.5) is 4.39 Å². The molecule has 0 radical (unpaired) electrons. The van der Waals surface area contributed by atoms with E-state index in [1.54, 1.807) is 6.92 Å². The summed E-state index contributed by atoms with van der Waals surface area (Å²) in [5.41, 5.74) is 0.424. The molecule has 8 heteroatoms. The zero-order valence-electron chi connectivity index (χ0n) is 12.7. The quantitative estimate of drug-likeness (QED) is 0.840. The predicted molar refractivity (Wildman–Crippen MR) is 83.9 cm³/mol. The standard InChI is InChI=1S/C15H15FO5S2/c1-10-4-5-11(8-13(10)16)21-14-7-6-12(22(2,17)18)9-15(14)23(3,19)20/h4-9H,1-3H3. The first-order chi connectivity index (χ1) is 10.5. The summed E-state index contributed by atoms with van der Waals surface area (Å²) >= 11 is 0. The molecule has 0 saturated carbocycles. The van der Waals surface area contributed by atoms with Crippen molar-refractivity contribution in [3.63, 3.8) is 0 Å². The van der Waals surface area contributed by atoms with Crippen LogP contribution in [0.15, 0.2) is 46.2 Å². The minimum absolute atomic E-state index is 0.0665. The average molecular weight is 358 g/mol. The molecule has 0 heterocycles. The van der Waals surface area contributed by atoms with Crippen LogP contribution in [-0.4, -0.2) is 29.3 Å². The molecule has 0 atom stereocenters. The summed E-state index contributed by atoms with van der Waals surface area (Å²) in [5, 5.41) is 0. The first kappa shape index (κ1) is 17.4. The van der Waals surface area contributed by atoms with Crippen molar-refractivity contribution >= 4 is 19.7 Å². The molecule has 0 amide bonds. The molecular formula is C15H15FO5S2. The molecule has 0 aliphatic heterocycles. The van der Waals surface area contributed by atoms with Gasteiger partial charge in [0.1, 0.15) is 22.2 Å². The topological polar surface area (TPSA) is 77.5 Å². The summed E-state index contributed by atoms with van der Waals surface area (Å²) < 4.78 is 65.9. The van der Waals surface area contributed by atoms with E-state index in [1.165, 1.54) is 24.3 Å². The fourth-order valence-corrected chi connectivity index (χ4v) is 3.40. The van der Waals surface area contributed by atoms with Crippen molar-refractivity contribution in [3.05, 3.63) is 47.8 Å². The van der Waals surface area contributed by atoms with Gasteiger partial charge in [0.05, 0.1) is 4.90 Å². The van der Waals surface area contributed by atoms with E-state index >= 15 is 0 Å². The number of benzene rings is 2. The van der Waals surface area contributed by atoms with E-state index in [0.717, 1.165) is 24.6 Å². The summed E-state index contributed by atoms with van der Waals surface area (Å²) in [6.07, 6.45) is 1.92. The van der Waals surface area contributed by atoms with Gasteiger partial charge in [-0.05, 0) is 36.8 Å². The van der Waals surface area contributed by atoms with E-state index in [0.29, 0.717) is 5.56 Å². The van der Waals surface area contributed by atoms with Crippen LogP contribution >= 0.6 is 0 Å². The van der Waals surface area contributed by atoms with Crippen LogP contribution in [0.3, 0.4) is 0 Å². The minimum atomic E-state index is -3.74. The van der Waals surface area contributed by atoms with Crippen LogP contribution in [0, 0.1) is 12.7 Å². The second kappa shape index (κ2) is 5.93. The molecule has 124 valence electrons. The van der Waals surface area contributed by atoms with Crippen LogP contribution < -0.4 is 4.74 Å². The Bertz CT molecular complexity index is 963. The van der Waals surface area contributed by atoms with Gasteiger partial charge in [0.15, 0.2) is 19.7 Å². The number of halogens is 1. The first-order valence-electron chi connectivity index (χ1n) is 6.46. The smallest absolute Gasteiger partial charge is 0.179 e. The fraction of sp³-hybridized carbons (Fsp3) is 0.200. The van der Waals surface area contributed by atoms with Gasteiger partial charge in [-0.25, -0.2) is 21.2 Å². The largest absolute Gasteiger partial charge is 0.456 e. The van der Waals surface area contributed by atoms with Crippen LogP contribution in [-0.2, 0) is 19.7 Å². The molecule has 0 unspecified atom stereocenters. The van der Waals surface area contributed by atoms with Gasteiger partial charge < -0.3 is 4.74 Å². The Morgan fingerprint density at radius 1 is 0.913 bits per heavy atom. The SMILES string of the molecule is Cc1ccc(Oc2ccc(S(C)(=O)=O)cc2S(C)(=O)=O)cc1F. The summed E-state index contributed by atoms with van der Waals surface area (Å²) in [6, 6.07) is 7.63. The fourth-order valence-electron chi connectivity index (χ4n) is 1.86. The normalized spacial score (nSPS) is 12.2. The lowest BCUT2D eigenvalue weighted by molar-refractivity contribution is 0.461. The van der Waals surface area contributed by atoms with Crippen molar-refractivity contribution in [2.75, 3.05) is 12.5 Å². The molecule has 0 aliphatic carbocycles. The summed E-state index contributed by atoms with van der Waals surface area (Å²) in [7, 11) is -7.31. The number of ether oxygens (including phenoxy) is 1. The number of sulfone groups is 2. The lowest BCUT2D eigenvalue weighted by atomic mass is 10.2. The van der Waals surface area contributed by atoms with E-state index in [2.05, 4.69) is 0 Å². The van der Waals surface area contributed by atoms with Gasteiger partial charge in [0.25, 0.3) is 0 Å². The molecule has 0 saturated heterocycles. The lowest BCUT2D eigenvalue weighted by Crippen LogP contribution is -2.04. The van der Waals surface area contributed by atoms with Gasteiger partial charge in [0.2, 0.25) is 0 Å². The van der Waals surface area contributed by atoms with Crippen molar-refractivity contribution in [1.29, 1.82) is 0 Å². The van der Waals surface area contributed by atoms with E-state index in [9.17, 15) is 21.2 Å². The number of hydrogen-bond acceptors (Lipinski definition) is 5. The Balaban J connectivity index is 2.56. The second-order valence-corrected chi connectivity index (χ2v) is 9.17. The zero-order chi connectivity index (χ0) is 17.4. The van der Waals surface area contributed by atoms with Gasteiger partial charge in [-0.3, -0.25) is 0 Å². The highest BCUT2D eigenvalue weighted by Crippen LogP contribution is 2.31. The maximum Gasteiger partial charge on any atom is 0.179 e. The Hall–Kier alpha value is -1.93. The monoisotopic (exact) mass is 358 g/mol. The average Bonchev–Trinajstić information content (AvgIpc) is 2.41. The van der Waals surface area contributed by atoms with Gasteiger partial charge >= 0.3 is 0 Å². The molecule has 5 nitrogen and oxygen atoms in total. The third kappa shape index (κ3) is 4.08. The second-order valence-electron chi connectivity index (χ2n) is 5.17. The van der Waals surface area contributed by atoms with Gasteiger partial charge in [-0.1, -0.05) is 6.07 Å². The molecule has 0 fully saturated rings. The van der Waals surface area contributed by atoms with E-state index < -0.39 is 25.5 Å². The van der Waals surface area contributed by atoms with Crippen LogP contribution in [0.5, 0.6) is 11.5 Å². The van der Waals surface area contributed by atoms with Crippen molar-refractivity contribution < 1.29 is 26.0 Å². The van der Waals surface area contributed by atoms with Crippen LogP contribution in [0.1, 0.15) is 5.56 Å². The molecule has 0 N–H and O–H groups in total. The predicted octanol–water partition coefficient (Wildman–Crippen LogP) is 2.73. The van der Waals surface area contributed by atoms with E-state index in [4.69, 9.17) is 4.74 Å². The molecule has 23 heavy (non-hydrogen) atoms. The number of aryl methyl sites for hydroxylation is 1. The zero-order valence-corrected chi connectivity index (χ0v) is 14.3. The third-order valence-electron chi connectivity index (χ3n) is 3.11. The van der Waals surface area contributed by atoms with Gasteiger partial charge in [-0.15, -0.1) is 0 Å². The highest BCUT2D eigenvalue weighted by atomic mass is 32.2. The maximum absolute atomic E-state index is 13.6. The Morgan fingerprint density at radius 3 is 2.09 bits per heavy atom. The van der Waals surface area contributed by atoms with Crippen molar-refractivity contribution in [1.82, 2.24) is 0 Å². The molecule has 0 spiro atoms. The molecular weight excluding hydrogens is 343 g/mol. The van der Waals surface area contributed by atoms with Gasteiger partial charge in [-0.2, -0.15) is 0 Å². The highest BCUT2D eigenvalue weighted by molar-refractivity contribution is 7.91. The van der Waals surface area contributed by atoms with Crippen molar-refractivity contribution in [2.45, 2.75) is 16.7 Å². The summed E-state index contributed by atoms with van der Waals surface area (Å²) in [5.74, 6) is -0.440. The molecule has 0 bridgehead atoms. The van der Waals surface area contributed by atoms with Gasteiger partial charge in [0, 0.05) is 18.6 Å². The Morgan fingerprint density at radius 2 is 1.57 bits per heavy atom. The maximum atomic E-state index is 13.6. The highest BCUT2D eigenvalue weighted by Gasteiger charge is 2.19. The molecule has 2 aromatic carbocycles. The third-order valence-corrected chi connectivity index (χ3v) is 5.34. The van der Waals surface area contributed by atoms with Crippen molar-refractivity contribution in [3.8, 4) is 11.5 Å². The lowest BCUT2D eigenvalue weighted by Gasteiger charge is -2.12. The molecule has 0 aromatic heterocycles. The Kier molecular flexibility index (Phi) is 4.50. The Labute approximate surface area is 134 Å². The molecule has 2 aromatic rings. The minimum Gasteiger partial charge on any atom is -0.456 e. The number of hydrogen-bond donors (Lipinski definition) is 0. The molecule has 2 rings (SSSR count). The van der Waals surface area contributed by atoms with E-state index in [-0.39, 0.29) is 21.3 Å². The number of rotatable bonds is 4. The first-order valence-corrected chi connectivity index (χ1v) is 10.2. The van der Waals surface area contributed by atoms with Crippen molar-refractivity contribution in [2.24, 2.45) is 0 Å². The van der Waals surface area contributed by atoms with Crippen LogP contribution in [0.25, 0.3) is 0 Å². The summed E-state index contributed by atoms with van der Waals surface area (Å²) in [4.78, 5) is -0.415. The molecule has 0 aliphatic rings. The van der Waals surface area contributed by atoms with E-state index in [1.807, 2.05) is 0 Å². The van der Waals surface area contributed by atoms with Crippen LogP contribution in [0.2, 0.25) is 0 Å².